The number of para-hydroxylation sites is 2. The first-order valence-corrected chi connectivity index (χ1v) is 14.2. The molecule has 200 valence electrons. The maximum atomic E-state index is 8.87. The Morgan fingerprint density at radius 2 is 0.977 bits per heavy atom. The van der Waals surface area contributed by atoms with Crippen molar-refractivity contribution < 1.29 is 14.0 Å². The van der Waals surface area contributed by atoms with Crippen molar-refractivity contribution >= 4 is 54.3 Å². The van der Waals surface area contributed by atoms with Gasteiger partial charge in [0.05, 0.1) is 9.60 Å². The summed E-state index contributed by atoms with van der Waals surface area (Å²) in [6.07, 6.45) is 0. The van der Waals surface area contributed by atoms with Gasteiger partial charge in [0.25, 0.3) is 0 Å². The summed E-state index contributed by atoms with van der Waals surface area (Å²) >= 11 is 0. The van der Waals surface area contributed by atoms with E-state index in [0.717, 1.165) is 38.2 Å². The van der Waals surface area contributed by atoms with E-state index < -0.39 is 12.1 Å². The molecular weight excluding hydrogens is 520 g/mol. The van der Waals surface area contributed by atoms with Crippen LogP contribution in [0.15, 0.2) is 162 Å². The molecular formula is C42H26O. The van der Waals surface area contributed by atoms with E-state index in [0.29, 0.717) is 5.56 Å². The zero-order valence-corrected chi connectivity index (χ0v) is 22.9. The summed E-state index contributed by atoms with van der Waals surface area (Å²) in [6, 6.07) is 37.2. The molecule has 8 aromatic carbocycles. The first kappa shape index (κ1) is 18.0. The standard InChI is InChI=1S/C42H26O/c1-2-11-27(12-3-1)40-34-14-4-6-16-36(34)41(37-17-7-5-15-35(37)40)31-24-22-28-25-30(23-21-29(28)26-31)32-18-10-19-38-33-13-8-9-20-39(33)43-42(32)38/h1-26H/i8D,9D,10D,13D,18D,19D,20D. The summed E-state index contributed by atoms with van der Waals surface area (Å²) in [5.74, 6) is 0. The zero-order chi connectivity index (χ0) is 34.4. The van der Waals surface area contributed by atoms with E-state index in [1.54, 1.807) is 0 Å². The largest absolute Gasteiger partial charge is 0.455 e. The number of benzene rings is 8. The fourth-order valence-electron chi connectivity index (χ4n) is 6.44. The maximum Gasteiger partial charge on any atom is 0.143 e. The van der Waals surface area contributed by atoms with Crippen LogP contribution in [-0.4, -0.2) is 0 Å². The minimum Gasteiger partial charge on any atom is -0.455 e. The minimum atomic E-state index is -0.441. The van der Waals surface area contributed by atoms with Crippen LogP contribution in [0.1, 0.15) is 9.60 Å². The normalized spacial score (nSPS) is 14.0. The molecule has 0 aliphatic rings. The van der Waals surface area contributed by atoms with E-state index in [9.17, 15) is 0 Å². The zero-order valence-electron chi connectivity index (χ0n) is 29.9. The molecule has 0 bridgehead atoms. The smallest absolute Gasteiger partial charge is 0.143 e. The van der Waals surface area contributed by atoms with Crippen molar-refractivity contribution in [2.45, 2.75) is 0 Å². The van der Waals surface area contributed by atoms with Crippen LogP contribution in [0.2, 0.25) is 0 Å². The quantitative estimate of drug-likeness (QED) is 0.198. The van der Waals surface area contributed by atoms with Gasteiger partial charge in [-0.25, -0.2) is 0 Å². The van der Waals surface area contributed by atoms with Gasteiger partial charge in [-0.1, -0.05) is 139 Å². The van der Waals surface area contributed by atoms with Crippen molar-refractivity contribution in [2.75, 3.05) is 0 Å². The second-order valence-corrected chi connectivity index (χ2v) is 10.7. The number of hydrogen-bond donors (Lipinski definition) is 0. The van der Waals surface area contributed by atoms with Gasteiger partial charge in [0.15, 0.2) is 0 Å². The Bertz CT molecular complexity index is 2840. The molecule has 9 rings (SSSR count). The van der Waals surface area contributed by atoms with Crippen molar-refractivity contribution in [3.05, 3.63) is 158 Å². The Morgan fingerprint density at radius 3 is 1.67 bits per heavy atom. The Morgan fingerprint density at radius 1 is 0.419 bits per heavy atom. The third-order valence-electron chi connectivity index (χ3n) is 8.35. The minimum absolute atomic E-state index is 0.0499. The summed E-state index contributed by atoms with van der Waals surface area (Å²) in [6.45, 7) is 0. The summed E-state index contributed by atoms with van der Waals surface area (Å²) in [5.41, 5.74) is 5.45. The lowest BCUT2D eigenvalue weighted by Crippen LogP contribution is -1.90. The third kappa shape index (κ3) is 3.72. The van der Waals surface area contributed by atoms with Crippen molar-refractivity contribution in [2.24, 2.45) is 0 Å². The molecule has 1 nitrogen and oxygen atoms in total. The van der Waals surface area contributed by atoms with E-state index in [2.05, 4.69) is 84.9 Å². The summed E-state index contributed by atoms with van der Waals surface area (Å²) in [4.78, 5) is 0. The van der Waals surface area contributed by atoms with E-state index in [4.69, 9.17) is 14.0 Å². The van der Waals surface area contributed by atoms with Crippen molar-refractivity contribution in [1.82, 2.24) is 0 Å². The number of fused-ring (bicyclic) bond motifs is 6. The Balaban J connectivity index is 1.26. The molecule has 9 aromatic rings. The molecule has 0 spiro atoms. The highest BCUT2D eigenvalue weighted by atomic mass is 16.3. The van der Waals surface area contributed by atoms with Gasteiger partial charge in [0.2, 0.25) is 0 Å². The van der Waals surface area contributed by atoms with E-state index in [-0.39, 0.29) is 57.7 Å². The van der Waals surface area contributed by atoms with Crippen LogP contribution in [0.3, 0.4) is 0 Å². The van der Waals surface area contributed by atoms with Gasteiger partial charge in [-0.15, -0.1) is 0 Å². The number of hydrogen-bond acceptors (Lipinski definition) is 1. The van der Waals surface area contributed by atoms with Crippen molar-refractivity contribution in [3.8, 4) is 33.4 Å². The summed E-state index contributed by atoms with van der Waals surface area (Å²) in [5, 5.41) is 6.68. The predicted molar refractivity (Wildman–Crippen MR) is 183 cm³/mol. The van der Waals surface area contributed by atoms with Crippen molar-refractivity contribution in [1.29, 1.82) is 0 Å². The van der Waals surface area contributed by atoms with Crippen LogP contribution in [0.5, 0.6) is 0 Å². The highest BCUT2D eigenvalue weighted by Gasteiger charge is 2.17. The molecule has 0 N–H and O–H groups in total. The molecule has 0 fully saturated rings. The predicted octanol–water partition coefficient (Wildman–Crippen LogP) is 12.0. The van der Waals surface area contributed by atoms with Gasteiger partial charge >= 0.3 is 0 Å². The molecule has 1 aromatic heterocycles. The van der Waals surface area contributed by atoms with Gasteiger partial charge in [-0.3, -0.25) is 0 Å². The van der Waals surface area contributed by atoms with Gasteiger partial charge in [-0.2, -0.15) is 0 Å². The molecule has 43 heavy (non-hydrogen) atoms. The molecule has 0 aliphatic carbocycles. The van der Waals surface area contributed by atoms with Gasteiger partial charge in [0, 0.05) is 16.3 Å². The van der Waals surface area contributed by atoms with Crippen LogP contribution in [0, 0.1) is 0 Å². The Kier molecular flexibility index (Phi) is 3.95. The van der Waals surface area contributed by atoms with Gasteiger partial charge in [-0.05, 0) is 78.3 Å². The third-order valence-corrected chi connectivity index (χ3v) is 8.35. The van der Waals surface area contributed by atoms with Crippen molar-refractivity contribution in [3.63, 3.8) is 0 Å². The molecule has 0 atom stereocenters. The molecule has 0 saturated heterocycles. The van der Waals surface area contributed by atoms with E-state index in [1.165, 1.54) is 16.3 Å². The molecule has 0 saturated carbocycles. The highest BCUT2D eigenvalue weighted by molar-refractivity contribution is 6.21. The SMILES string of the molecule is [2H]c1c([2H])c([2H])c2c(oc3c(-c4ccc5cc(-c6c7ccccc7c(-c7ccccc7)c7ccccc67)ccc5c4)c([2H])c([2H])c([2H])c32)c1[2H]. The second kappa shape index (κ2) is 9.44. The number of rotatable bonds is 3. The van der Waals surface area contributed by atoms with Crippen LogP contribution in [0.25, 0.3) is 87.6 Å². The second-order valence-electron chi connectivity index (χ2n) is 10.7. The van der Waals surface area contributed by atoms with Gasteiger partial charge < -0.3 is 4.42 Å². The van der Waals surface area contributed by atoms with Crippen LogP contribution < -0.4 is 0 Å². The van der Waals surface area contributed by atoms with E-state index >= 15 is 0 Å². The highest BCUT2D eigenvalue weighted by Crippen LogP contribution is 2.44. The summed E-state index contributed by atoms with van der Waals surface area (Å²) in [7, 11) is 0. The Hall–Kier alpha value is -5.66. The average molecular weight is 554 g/mol. The van der Waals surface area contributed by atoms with E-state index in [1.807, 2.05) is 30.3 Å². The fourth-order valence-corrected chi connectivity index (χ4v) is 6.44. The molecule has 0 amide bonds. The first-order chi connectivity index (χ1) is 24.2. The Labute approximate surface area is 259 Å². The molecule has 0 aliphatic heterocycles. The maximum absolute atomic E-state index is 8.87. The lowest BCUT2D eigenvalue weighted by Gasteiger charge is -2.18. The molecule has 0 radical (unpaired) electrons. The molecule has 1 heteroatoms. The first-order valence-electron chi connectivity index (χ1n) is 17.7. The van der Waals surface area contributed by atoms with Crippen LogP contribution in [-0.2, 0) is 0 Å². The molecule has 0 unspecified atom stereocenters. The van der Waals surface area contributed by atoms with Gasteiger partial charge in [0.1, 0.15) is 11.2 Å². The molecule has 1 heterocycles. The monoisotopic (exact) mass is 553 g/mol. The topological polar surface area (TPSA) is 13.1 Å². The van der Waals surface area contributed by atoms with Crippen LogP contribution >= 0.6 is 0 Å². The number of furan rings is 1. The average Bonchev–Trinajstić information content (AvgIpc) is 3.55. The lowest BCUT2D eigenvalue weighted by atomic mass is 9.85. The summed E-state index contributed by atoms with van der Waals surface area (Å²) < 4.78 is 65.5. The van der Waals surface area contributed by atoms with Crippen LogP contribution in [0.4, 0.5) is 0 Å². The fraction of sp³-hybridized carbons (Fsp3) is 0. The lowest BCUT2D eigenvalue weighted by molar-refractivity contribution is 0.670.